The lowest BCUT2D eigenvalue weighted by atomic mass is 10.1. The molecule has 1 fully saturated rings. The third-order valence-electron chi connectivity index (χ3n) is 1.80. The first-order valence-corrected chi connectivity index (χ1v) is 3.65. The Morgan fingerprint density at radius 2 is 2.50 bits per heavy atom. The van der Waals surface area contributed by atoms with Crippen LogP contribution in [0.25, 0.3) is 0 Å². The van der Waals surface area contributed by atoms with Gasteiger partial charge in [0.2, 0.25) is 0 Å². The molecule has 1 aliphatic rings. The maximum atomic E-state index is 11.0. The number of Topliss-reactive ketones (excluding diaryl/α,β-unsaturated/α-hetero) is 1. The summed E-state index contributed by atoms with van der Waals surface area (Å²) in [4.78, 5) is 11.0. The van der Waals surface area contributed by atoms with Crippen LogP contribution in [0.2, 0.25) is 0 Å². The average Bonchev–Trinajstić information content (AvgIpc) is 2.34. The van der Waals surface area contributed by atoms with E-state index in [9.17, 15) is 4.79 Å². The smallest absolute Gasteiger partial charge is 0.162 e. The summed E-state index contributed by atoms with van der Waals surface area (Å²) in [6.45, 7) is 2.47. The highest BCUT2D eigenvalue weighted by molar-refractivity contribution is 5.83. The van der Waals surface area contributed by atoms with E-state index in [1.165, 1.54) is 0 Å². The molecule has 0 spiro atoms. The second kappa shape index (κ2) is 3.12. The second-order valence-corrected chi connectivity index (χ2v) is 2.56. The molecule has 1 aliphatic heterocycles. The summed E-state index contributed by atoms with van der Waals surface area (Å²) in [5.41, 5.74) is 5.61. The minimum Gasteiger partial charge on any atom is -0.369 e. The Hall–Kier alpha value is -0.410. The summed E-state index contributed by atoms with van der Waals surface area (Å²) < 4.78 is 5.14. The molecule has 0 aromatic carbocycles. The van der Waals surface area contributed by atoms with Crippen LogP contribution in [0.5, 0.6) is 0 Å². The number of ketones is 1. The molecule has 10 heavy (non-hydrogen) atoms. The lowest BCUT2D eigenvalue weighted by molar-refractivity contribution is -0.127. The first kappa shape index (κ1) is 7.69. The van der Waals surface area contributed by atoms with E-state index in [1.54, 1.807) is 0 Å². The van der Waals surface area contributed by atoms with E-state index in [1.807, 2.05) is 6.92 Å². The highest BCUT2D eigenvalue weighted by Gasteiger charge is 2.29. The largest absolute Gasteiger partial charge is 0.369 e. The molecule has 0 amide bonds. The van der Waals surface area contributed by atoms with Crippen molar-refractivity contribution >= 4 is 5.78 Å². The molecule has 0 aromatic heterocycles. The summed E-state index contributed by atoms with van der Waals surface area (Å²) in [7, 11) is 0. The summed E-state index contributed by atoms with van der Waals surface area (Å²) >= 11 is 0. The van der Waals surface area contributed by atoms with Crippen molar-refractivity contribution in [1.82, 2.24) is 0 Å². The van der Waals surface area contributed by atoms with Crippen LogP contribution in [0.1, 0.15) is 19.8 Å². The number of nitrogens with two attached hydrogens (primary N) is 1. The van der Waals surface area contributed by atoms with Gasteiger partial charge in [0.05, 0.1) is 0 Å². The molecule has 1 heterocycles. The molecular weight excluding hydrogens is 130 g/mol. The molecule has 1 saturated heterocycles. The van der Waals surface area contributed by atoms with Crippen LogP contribution in [0.4, 0.5) is 0 Å². The van der Waals surface area contributed by atoms with Crippen molar-refractivity contribution in [2.75, 3.05) is 6.61 Å². The lowest BCUT2D eigenvalue weighted by Gasteiger charge is -2.10. The Morgan fingerprint density at radius 1 is 1.80 bits per heavy atom. The Balaban J connectivity index is 2.46. The fraction of sp³-hybridized carbons (Fsp3) is 0.857. The van der Waals surface area contributed by atoms with Gasteiger partial charge in [0.25, 0.3) is 0 Å². The zero-order valence-electron chi connectivity index (χ0n) is 6.17. The predicted molar refractivity (Wildman–Crippen MR) is 37.6 cm³/mol. The van der Waals surface area contributed by atoms with E-state index in [2.05, 4.69) is 0 Å². The van der Waals surface area contributed by atoms with E-state index in [-0.39, 0.29) is 17.9 Å². The predicted octanol–water partition coefficient (Wildman–Crippen LogP) is 0.0817. The Kier molecular flexibility index (Phi) is 2.40. The fourth-order valence-electron chi connectivity index (χ4n) is 1.14. The lowest BCUT2D eigenvalue weighted by Crippen LogP contribution is -2.36. The summed E-state index contributed by atoms with van der Waals surface area (Å²) in [6.07, 6.45) is 1.03. The van der Waals surface area contributed by atoms with Crippen molar-refractivity contribution < 1.29 is 9.53 Å². The van der Waals surface area contributed by atoms with Gasteiger partial charge in [-0.1, -0.05) is 6.92 Å². The zero-order valence-corrected chi connectivity index (χ0v) is 6.17. The molecule has 2 N–H and O–H groups in total. The van der Waals surface area contributed by atoms with Gasteiger partial charge < -0.3 is 10.5 Å². The Morgan fingerprint density at radius 3 is 2.90 bits per heavy atom. The first-order valence-electron chi connectivity index (χ1n) is 3.65. The molecular formula is C7H13NO2. The van der Waals surface area contributed by atoms with Crippen molar-refractivity contribution in [3.8, 4) is 0 Å². The highest BCUT2D eigenvalue weighted by atomic mass is 16.5. The number of carbonyl (C=O) groups is 1. The molecule has 0 bridgehead atoms. The van der Waals surface area contributed by atoms with Crippen LogP contribution in [-0.2, 0) is 9.53 Å². The van der Waals surface area contributed by atoms with Gasteiger partial charge in [-0.3, -0.25) is 4.79 Å². The summed E-state index contributed by atoms with van der Waals surface area (Å²) in [5.74, 6) is 0.130. The standard InChI is InChI=1S/C7H13NO2/c1-2-6(9)7-5(8)3-4-10-7/h5,7H,2-4,8H2,1H3/t5-,7+/m0/s1. The normalized spacial score (nSPS) is 32.6. The third kappa shape index (κ3) is 1.36. The quantitative estimate of drug-likeness (QED) is 0.595. The van der Waals surface area contributed by atoms with Crippen LogP contribution in [0.15, 0.2) is 0 Å². The van der Waals surface area contributed by atoms with Gasteiger partial charge in [-0.05, 0) is 6.42 Å². The van der Waals surface area contributed by atoms with Crippen molar-refractivity contribution in [3.05, 3.63) is 0 Å². The second-order valence-electron chi connectivity index (χ2n) is 2.56. The summed E-state index contributed by atoms with van der Waals surface area (Å²) in [5, 5.41) is 0. The molecule has 0 aromatic rings. The number of ether oxygens (including phenoxy) is 1. The molecule has 2 atom stereocenters. The maximum absolute atomic E-state index is 11.0. The third-order valence-corrected chi connectivity index (χ3v) is 1.80. The van der Waals surface area contributed by atoms with Gasteiger partial charge >= 0.3 is 0 Å². The number of carbonyl (C=O) groups excluding carboxylic acids is 1. The number of rotatable bonds is 2. The van der Waals surface area contributed by atoms with E-state index < -0.39 is 0 Å². The van der Waals surface area contributed by atoms with Crippen molar-refractivity contribution in [2.45, 2.75) is 31.9 Å². The van der Waals surface area contributed by atoms with Crippen molar-refractivity contribution in [1.29, 1.82) is 0 Å². The summed E-state index contributed by atoms with van der Waals surface area (Å²) in [6, 6.07) is -0.0625. The molecule has 58 valence electrons. The fourth-order valence-corrected chi connectivity index (χ4v) is 1.14. The van der Waals surface area contributed by atoms with E-state index in [4.69, 9.17) is 10.5 Å². The van der Waals surface area contributed by atoms with Gasteiger partial charge in [0.15, 0.2) is 5.78 Å². The van der Waals surface area contributed by atoms with Gasteiger partial charge in [0, 0.05) is 19.1 Å². The van der Waals surface area contributed by atoms with E-state index in [0.29, 0.717) is 13.0 Å². The molecule has 0 radical (unpaired) electrons. The first-order chi connectivity index (χ1) is 4.75. The SMILES string of the molecule is CCC(=O)[C@@H]1OCC[C@@H]1N. The van der Waals surface area contributed by atoms with Crippen LogP contribution in [-0.4, -0.2) is 24.5 Å². The Labute approximate surface area is 60.5 Å². The van der Waals surface area contributed by atoms with Gasteiger partial charge in [0.1, 0.15) is 6.10 Å². The zero-order chi connectivity index (χ0) is 7.56. The van der Waals surface area contributed by atoms with Crippen molar-refractivity contribution in [2.24, 2.45) is 5.73 Å². The number of hydrogen-bond acceptors (Lipinski definition) is 3. The molecule has 0 unspecified atom stereocenters. The molecule has 1 rings (SSSR count). The monoisotopic (exact) mass is 143 g/mol. The topological polar surface area (TPSA) is 52.3 Å². The molecule has 0 saturated carbocycles. The molecule has 0 aliphatic carbocycles. The van der Waals surface area contributed by atoms with Crippen LogP contribution in [0, 0.1) is 0 Å². The van der Waals surface area contributed by atoms with Crippen molar-refractivity contribution in [3.63, 3.8) is 0 Å². The van der Waals surface area contributed by atoms with Gasteiger partial charge in [-0.15, -0.1) is 0 Å². The van der Waals surface area contributed by atoms with Gasteiger partial charge in [-0.25, -0.2) is 0 Å². The van der Waals surface area contributed by atoms with Crippen LogP contribution < -0.4 is 5.73 Å². The molecule has 3 heteroatoms. The average molecular weight is 143 g/mol. The van der Waals surface area contributed by atoms with Crippen LogP contribution in [0.3, 0.4) is 0 Å². The van der Waals surface area contributed by atoms with Gasteiger partial charge in [-0.2, -0.15) is 0 Å². The maximum Gasteiger partial charge on any atom is 0.162 e. The minimum atomic E-state index is -0.315. The number of hydrogen-bond donors (Lipinski definition) is 1. The van der Waals surface area contributed by atoms with E-state index in [0.717, 1.165) is 6.42 Å². The van der Waals surface area contributed by atoms with E-state index >= 15 is 0 Å². The van der Waals surface area contributed by atoms with Crippen LogP contribution >= 0.6 is 0 Å². The highest BCUT2D eigenvalue weighted by Crippen LogP contribution is 2.12. The Bertz CT molecular complexity index is 136. The molecule has 3 nitrogen and oxygen atoms in total. The minimum absolute atomic E-state index is 0.0625.